The number of halogens is 4. The number of hydrogen-bond donors (Lipinski definition) is 2. The molecule has 0 aromatic carbocycles. The molecule has 146 valence electrons. The van der Waals surface area contributed by atoms with Gasteiger partial charge < -0.3 is 10.6 Å². The van der Waals surface area contributed by atoms with Gasteiger partial charge in [-0.2, -0.15) is 18.3 Å². The van der Waals surface area contributed by atoms with Gasteiger partial charge in [0.25, 0.3) is 5.91 Å². The highest BCUT2D eigenvalue weighted by Crippen LogP contribution is 2.44. The third-order valence-electron chi connectivity index (χ3n) is 4.28. The molecule has 0 fully saturated rings. The fourth-order valence-corrected chi connectivity index (χ4v) is 4.02. The average Bonchev–Trinajstić information content (AvgIpc) is 3.31. The Morgan fingerprint density at radius 3 is 2.82 bits per heavy atom. The van der Waals surface area contributed by atoms with Crippen molar-refractivity contribution in [2.24, 2.45) is 0 Å². The summed E-state index contributed by atoms with van der Waals surface area (Å²) in [6.07, 6.45) is -3.19. The lowest BCUT2D eigenvalue weighted by Crippen LogP contribution is -2.35. The van der Waals surface area contributed by atoms with Crippen LogP contribution in [0.1, 0.15) is 33.9 Å². The summed E-state index contributed by atoms with van der Waals surface area (Å²) in [4.78, 5) is 17.3. The van der Waals surface area contributed by atoms with Gasteiger partial charge in [-0.05, 0) is 39.5 Å². The normalized spacial score (nSPS) is 19.0. The number of carbonyl (C=O) groups excluding carboxylic acids is 1. The highest BCUT2D eigenvalue weighted by Gasteiger charge is 2.47. The number of nitrogens with zero attached hydrogens (tertiary/aromatic N) is 3. The summed E-state index contributed by atoms with van der Waals surface area (Å²) in [6.45, 7) is 0. The topological polar surface area (TPSA) is 71.8 Å². The zero-order valence-corrected chi connectivity index (χ0v) is 16.5. The predicted molar refractivity (Wildman–Crippen MR) is 103 cm³/mol. The molecule has 0 bridgehead atoms. The van der Waals surface area contributed by atoms with Crippen molar-refractivity contribution in [3.63, 3.8) is 0 Å². The number of amides is 1. The Bertz CT molecular complexity index is 987. The Labute approximate surface area is 169 Å². The number of pyridine rings is 1. The molecule has 6 nitrogen and oxygen atoms in total. The molecule has 11 heteroatoms. The smallest absolute Gasteiger partial charge is 0.363 e. The van der Waals surface area contributed by atoms with Crippen LogP contribution in [0.25, 0.3) is 0 Å². The molecule has 0 spiro atoms. The first-order valence-corrected chi connectivity index (χ1v) is 9.87. The van der Waals surface area contributed by atoms with Gasteiger partial charge in [-0.3, -0.25) is 4.79 Å². The third kappa shape index (κ3) is 3.76. The summed E-state index contributed by atoms with van der Waals surface area (Å²) in [7, 11) is 0. The standard InChI is InChI=1S/C17H13BrF3N5OS/c18-9-3-4-14(22-8-9)24-16(27)11-7-15-23-10(12-2-1-5-28-12)6-13(17(19,20)21)26(15)25-11/h1-5,7-8,10,13,23H,6H2,(H,22,24,27)/t10-,13+/m1/s1. The van der Waals surface area contributed by atoms with Crippen molar-refractivity contribution in [2.75, 3.05) is 10.6 Å². The maximum atomic E-state index is 13.6. The van der Waals surface area contributed by atoms with E-state index in [0.717, 1.165) is 14.0 Å². The lowest BCUT2D eigenvalue weighted by atomic mass is 10.0. The minimum Gasteiger partial charge on any atom is -0.363 e. The molecule has 0 radical (unpaired) electrons. The van der Waals surface area contributed by atoms with E-state index in [-0.39, 0.29) is 23.8 Å². The third-order valence-corrected chi connectivity index (χ3v) is 5.73. The number of rotatable bonds is 3. The first-order chi connectivity index (χ1) is 13.3. The van der Waals surface area contributed by atoms with Crippen LogP contribution in [-0.2, 0) is 0 Å². The summed E-state index contributed by atoms with van der Waals surface area (Å²) in [5.74, 6) is -0.205. The first-order valence-electron chi connectivity index (χ1n) is 8.20. The van der Waals surface area contributed by atoms with E-state index < -0.39 is 24.2 Å². The summed E-state index contributed by atoms with van der Waals surface area (Å²) in [6, 6.07) is 5.85. The molecule has 1 aliphatic rings. The van der Waals surface area contributed by atoms with Gasteiger partial charge in [-0.1, -0.05) is 6.07 Å². The molecule has 28 heavy (non-hydrogen) atoms. The van der Waals surface area contributed by atoms with Crippen LogP contribution in [0.15, 0.2) is 46.4 Å². The number of anilines is 2. The van der Waals surface area contributed by atoms with Crippen LogP contribution in [0.4, 0.5) is 24.8 Å². The minimum atomic E-state index is -4.49. The van der Waals surface area contributed by atoms with E-state index >= 15 is 0 Å². The van der Waals surface area contributed by atoms with E-state index in [9.17, 15) is 18.0 Å². The molecule has 4 rings (SSSR count). The number of fused-ring (bicyclic) bond motifs is 1. The van der Waals surface area contributed by atoms with Gasteiger partial charge >= 0.3 is 6.18 Å². The fraction of sp³-hybridized carbons (Fsp3) is 0.235. The second-order valence-corrected chi connectivity index (χ2v) is 8.08. The molecule has 4 heterocycles. The number of carbonyl (C=O) groups is 1. The molecule has 1 aliphatic heterocycles. The summed E-state index contributed by atoms with van der Waals surface area (Å²) >= 11 is 4.62. The lowest BCUT2D eigenvalue weighted by molar-refractivity contribution is -0.173. The van der Waals surface area contributed by atoms with Crippen molar-refractivity contribution >= 4 is 44.8 Å². The number of thiophene rings is 1. The SMILES string of the molecule is O=C(Nc1ccc(Br)cn1)c1cc2n(n1)[C@H](C(F)(F)F)C[C@H](c1cccs1)N2. The molecular weight excluding hydrogens is 459 g/mol. The maximum Gasteiger partial charge on any atom is 0.410 e. The molecule has 1 amide bonds. The zero-order chi connectivity index (χ0) is 19.9. The highest BCUT2D eigenvalue weighted by atomic mass is 79.9. The molecule has 0 saturated heterocycles. The van der Waals surface area contributed by atoms with Crippen molar-refractivity contribution < 1.29 is 18.0 Å². The van der Waals surface area contributed by atoms with Crippen LogP contribution in [0, 0.1) is 0 Å². The van der Waals surface area contributed by atoms with Crippen LogP contribution in [-0.4, -0.2) is 26.8 Å². The van der Waals surface area contributed by atoms with Gasteiger partial charge in [-0.25, -0.2) is 9.67 Å². The molecule has 2 N–H and O–H groups in total. The van der Waals surface area contributed by atoms with Gasteiger partial charge in [0.05, 0.1) is 6.04 Å². The van der Waals surface area contributed by atoms with Gasteiger partial charge in [-0.15, -0.1) is 11.3 Å². The number of hydrogen-bond acceptors (Lipinski definition) is 5. The van der Waals surface area contributed by atoms with E-state index in [1.165, 1.54) is 23.6 Å². The Morgan fingerprint density at radius 1 is 1.36 bits per heavy atom. The van der Waals surface area contributed by atoms with Crippen molar-refractivity contribution in [3.8, 4) is 0 Å². The Hall–Kier alpha value is -2.40. The Morgan fingerprint density at radius 2 is 2.18 bits per heavy atom. The van der Waals surface area contributed by atoms with Gasteiger partial charge in [0.15, 0.2) is 11.7 Å². The Balaban J connectivity index is 1.63. The highest BCUT2D eigenvalue weighted by molar-refractivity contribution is 9.10. The number of alkyl halides is 3. The fourth-order valence-electron chi connectivity index (χ4n) is 2.99. The zero-order valence-electron chi connectivity index (χ0n) is 14.1. The summed E-state index contributed by atoms with van der Waals surface area (Å²) in [5, 5.41) is 11.3. The predicted octanol–water partition coefficient (Wildman–Crippen LogP) is 5.01. The van der Waals surface area contributed by atoms with E-state index in [1.54, 1.807) is 24.3 Å². The van der Waals surface area contributed by atoms with Crippen LogP contribution in [0.2, 0.25) is 0 Å². The van der Waals surface area contributed by atoms with Gasteiger partial charge in [0.2, 0.25) is 0 Å². The van der Waals surface area contributed by atoms with E-state index in [4.69, 9.17) is 0 Å². The lowest BCUT2D eigenvalue weighted by Gasteiger charge is -2.32. The van der Waals surface area contributed by atoms with Crippen molar-refractivity contribution in [1.29, 1.82) is 0 Å². The Kier molecular flexibility index (Phi) is 4.88. The first kappa shape index (κ1) is 18.9. The van der Waals surface area contributed by atoms with Crippen LogP contribution in [0.3, 0.4) is 0 Å². The molecule has 3 aromatic heterocycles. The van der Waals surface area contributed by atoms with Crippen LogP contribution in [0.5, 0.6) is 0 Å². The van der Waals surface area contributed by atoms with E-state index in [1.807, 2.05) is 5.38 Å². The van der Waals surface area contributed by atoms with Gasteiger partial charge in [0.1, 0.15) is 11.6 Å². The van der Waals surface area contributed by atoms with Crippen molar-refractivity contribution in [1.82, 2.24) is 14.8 Å². The molecule has 0 saturated carbocycles. The average molecular weight is 472 g/mol. The molecular formula is C17H13BrF3N5OS. The quantitative estimate of drug-likeness (QED) is 0.562. The molecule has 2 atom stereocenters. The molecule has 0 aliphatic carbocycles. The van der Waals surface area contributed by atoms with Crippen molar-refractivity contribution in [3.05, 3.63) is 57.0 Å². The van der Waals surface area contributed by atoms with Gasteiger partial charge in [0, 0.05) is 28.0 Å². The monoisotopic (exact) mass is 471 g/mol. The summed E-state index contributed by atoms with van der Waals surface area (Å²) < 4.78 is 42.5. The summed E-state index contributed by atoms with van der Waals surface area (Å²) in [5.41, 5.74) is -0.117. The minimum absolute atomic E-state index is 0.117. The number of nitrogens with one attached hydrogen (secondary N) is 2. The van der Waals surface area contributed by atoms with Crippen LogP contribution < -0.4 is 10.6 Å². The second-order valence-electron chi connectivity index (χ2n) is 6.18. The van der Waals surface area contributed by atoms with E-state index in [0.29, 0.717) is 0 Å². The largest absolute Gasteiger partial charge is 0.410 e. The van der Waals surface area contributed by atoms with Crippen molar-refractivity contribution in [2.45, 2.75) is 24.7 Å². The number of aromatic nitrogens is 3. The molecule has 0 unspecified atom stereocenters. The maximum absolute atomic E-state index is 13.6. The van der Waals surface area contributed by atoms with E-state index in [2.05, 4.69) is 36.6 Å². The second kappa shape index (κ2) is 7.21. The van der Waals surface area contributed by atoms with Crippen LogP contribution >= 0.6 is 27.3 Å². The molecule has 3 aromatic rings.